The molecule has 1 atom stereocenters. The molecule has 3 nitrogen and oxygen atoms in total. The summed E-state index contributed by atoms with van der Waals surface area (Å²) in [7, 11) is 0. The summed E-state index contributed by atoms with van der Waals surface area (Å²) >= 11 is 0. The molecule has 0 saturated carbocycles. The summed E-state index contributed by atoms with van der Waals surface area (Å²) in [4.78, 5) is 0. The van der Waals surface area contributed by atoms with E-state index >= 15 is 0 Å². The molecule has 30 heavy (non-hydrogen) atoms. The van der Waals surface area contributed by atoms with Crippen molar-refractivity contribution in [3.63, 3.8) is 0 Å². The second kappa shape index (κ2) is 8.26. The zero-order valence-electron chi connectivity index (χ0n) is 16.6. The quantitative estimate of drug-likeness (QED) is 0.373. The first-order chi connectivity index (χ1) is 14.9. The summed E-state index contributed by atoms with van der Waals surface area (Å²) in [6.07, 6.45) is 0.859. The van der Waals surface area contributed by atoms with Gasteiger partial charge in [-0.15, -0.1) is 0 Å². The fourth-order valence-corrected chi connectivity index (χ4v) is 3.78. The molecule has 146 valence electrons. The lowest BCUT2D eigenvalue weighted by molar-refractivity contribution is 0.482. The van der Waals surface area contributed by atoms with Crippen LogP contribution in [0.5, 0.6) is 11.5 Å². The van der Waals surface area contributed by atoms with E-state index in [1.165, 1.54) is 5.56 Å². The molecule has 0 spiro atoms. The lowest BCUT2D eigenvalue weighted by Gasteiger charge is -2.23. The molecule has 1 unspecified atom stereocenters. The van der Waals surface area contributed by atoms with E-state index in [0.717, 1.165) is 34.9 Å². The van der Waals surface area contributed by atoms with Gasteiger partial charge in [0.15, 0.2) is 0 Å². The molecule has 0 aliphatic carbocycles. The Bertz CT molecular complexity index is 1120. The largest absolute Gasteiger partial charge is 0.457 e. The van der Waals surface area contributed by atoms with Crippen molar-refractivity contribution in [3.8, 4) is 11.5 Å². The summed E-state index contributed by atoms with van der Waals surface area (Å²) < 4.78 is 5.93. The number of hydrazone groups is 1. The van der Waals surface area contributed by atoms with Crippen LogP contribution in [0.1, 0.15) is 23.6 Å². The number of benzene rings is 4. The maximum absolute atomic E-state index is 5.93. The average Bonchev–Trinajstić information content (AvgIpc) is 3.27. The third-order valence-corrected chi connectivity index (χ3v) is 5.28. The molecule has 0 N–H and O–H groups in total. The van der Waals surface area contributed by atoms with Crippen LogP contribution in [0.4, 0.5) is 5.69 Å². The van der Waals surface area contributed by atoms with Crippen molar-refractivity contribution >= 4 is 11.4 Å². The number of hydrogen-bond acceptors (Lipinski definition) is 3. The van der Waals surface area contributed by atoms with Crippen molar-refractivity contribution in [2.24, 2.45) is 5.10 Å². The lowest BCUT2D eigenvalue weighted by Crippen LogP contribution is -2.18. The van der Waals surface area contributed by atoms with E-state index in [1.807, 2.05) is 48.5 Å². The van der Waals surface area contributed by atoms with E-state index in [-0.39, 0.29) is 6.04 Å². The third kappa shape index (κ3) is 3.83. The van der Waals surface area contributed by atoms with Crippen LogP contribution >= 0.6 is 0 Å². The summed E-state index contributed by atoms with van der Waals surface area (Å²) in [6, 6.07) is 39.2. The number of nitrogens with zero attached hydrogens (tertiary/aromatic N) is 2. The Kier molecular flexibility index (Phi) is 5.01. The molecular formula is C27H22N2O. The Morgan fingerprint density at radius 2 is 1.20 bits per heavy atom. The Hall–Kier alpha value is -3.85. The maximum atomic E-state index is 5.93. The van der Waals surface area contributed by atoms with Crippen molar-refractivity contribution in [1.82, 2.24) is 0 Å². The van der Waals surface area contributed by atoms with Gasteiger partial charge in [0.25, 0.3) is 0 Å². The van der Waals surface area contributed by atoms with Crippen molar-refractivity contribution in [1.29, 1.82) is 0 Å². The maximum Gasteiger partial charge on any atom is 0.127 e. The van der Waals surface area contributed by atoms with Crippen LogP contribution in [-0.2, 0) is 0 Å². The highest BCUT2D eigenvalue weighted by atomic mass is 16.5. The van der Waals surface area contributed by atoms with Crippen molar-refractivity contribution < 1.29 is 4.74 Å². The first kappa shape index (κ1) is 18.2. The first-order valence-electron chi connectivity index (χ1n) is 10.2. The zero-order chi connectivity index (χ0) is 20.2. The molecule has 1 aliphatic rings. The number of rotatable bonds is 5. The first-order valence-corrected chi connectivity index (χ1v) is 10.2. The number of ether oxygens (including phenoxy) is 1. The number of hydrogen-bond donors (Lipinski definition) is 0. The Morgan fingerprint density at radius 3 is 1.87 bits per heavy atom. The molecule has 1 heterocycles. The van der Waals surface area contributed by atoms with Crippen molar-refractivity contribution in [2.45, 2.75) is 12.5 Å². The van der Waals surface area contributed by atoms with Crippen LogP contribution < -0.4 is 9.75 Å². The van der Waals surface area contributed by atoms with Crippen LogP contribution in [0.2, 0.25) is 0 Å². The minimum Gasteiger partial charge on any atom is -0.457 e. The molecule has 5 rings (SSSR count). The molecule has 4 aromatic rings. The molecule has 1 aliphatic heterocycles. The molecule has 0 saturated heterocycles. The third-order valence-electron chi connectivity index (χ3n) is 5.28. The van der Waals surface area contributed by atoms with Crippen molar-refractivity contribution in [2.75, 3.05) is 5.01 Å². The SMILES string of the molecule is c1ccc(Oc2ccc(C3=NN(c4ccccc4)C(c4ccccc4)C3)cc2)cc1. The van der Waals surface area contributed by atoms with Gasteiger partial charge in [0, 0.05) is 6.42 Å². The molecule has 4 aromatic carbocycles. The molecule has 0 bridgehead atoms. The average molecular weight is 390 g/mol. The van der Waals surface area contributed by atoms with Crippen LogP contribution in [-0.4, -0.2) is 5.71 Å². The van der Waals surface area contributed by atoms with E-state index < -0.39 is 0 Å². The second-order valence-corrected chi connectivity index (χ2v) is 7.30. The van der Waals surface area contributed by atoms with Gasteiger partial charge in [0.1, 0.15) is 11.5 Å². The van der Waals surface area contributed by atoms with Crippen LogP contribution in [0.3, 0.4) is 0 Å². The van der Waals surface area contributed by atoms with E-state index in [4.69, 9.17) is 9.84 Å². The smallest absolute Gasteiger partial charge is 0.127 e. The molecule has 0 aromatic heterocycles. The topological polar surface area (TPSA) is 24.8 Å². The second-order valence-electron chi connectivity index (χ2n) is 7.30. The van der Waals surface area contributed by atoms with Crippen LogP contribution in [0, 0.1) is 0 Å². The highest BCUT2D eigenvalue weighted by molar-refractivity contribution is 6.03. The monoisotopic (exact) mass is 390 g/mol. The Labute approximate surface area is 176 Å². The predicted octanol–water partition coefficient (Wildman–Crippen LogP) is 6.83. The molecule has 0 fully saturated rings. The standard InChI is InChI=1S/C27H22N2O/c1-4-10-22(11-5-1)27-20-26(28-29(27)23-12-6-2-7-13-23)21-16-18-25(19-17-21)30-24-14-8-3-9-15-24/h1-19,27H,20H2. The van der Waals surface area contributed by atoms with Crippen molar-refractivity contribution in [3.05, 3.63) is 126 Å². The molecular weight excluding hydrogens is 368 g/mol. The molecule has 3 heteroatoms. The number of para-hydroxylation sites is 2. The van der Waals surface area contributed by atoms with E-state index in [1.54, 1.807) is 0 Å². The fraction of sp³-hybridized carbons (Fsp3) is 0.0741. The molecule has 0 radical (unpaired) electrons. The van der Waals surface area contributed by atoms with Gasteiger partial charge in [-0.2, -0.15) is 5.10 Å². The molecule has 0 amide bonds. The van der Waals surface area contributed by atoms with Gasteiger partial charge >= 0.3 is 0 Å². The van der Waals surface area contributed by atoms with E-state index in [0.29, 0.717) is 0 Å². The zero-order valence-corrected chi connectivity index (χ0v) is 16.6. The Morgan fingerprint density at radius 1 is 0.633 bits per heavy atom. The van der Waals surface area contributed by atoms with Gasteiger partial charge < -0.3 is 4.74 Å². The summed E-state index contributed by atoms with van der Waals surface area (Å²) in [5, 5.41) is 7.15. The minimum atomic E-state index is 0.184. The lowest BCUT2D eigenvalue weighted by atomic mass is 9.98. The summed E-state index contributed by atoms with van der Waals surface area (Å²) in [5.41, 5.74) is 4.57. The van der Waals surface area contributed by atoms with E-state index in [9.17, 15) is 0 Å². The van der Waals surface area contributed by atoms with Gasteiger partial charge in [0.05, 0.1) is 17.4 Å². The minimum absolute atomic E-state index is 0.184. The highest BCUT2D eigenvalue weighted by Crippen LogP contribution is 2.36. The predicted molar refractivity (Wildman–Crippen MR) is 122 cm³/mol. The summed E-state index contributed by atoms with van der Waals surface area (Å²) in [5.74, 6) is 1.66. The fourth-order valence-electron chi connectivity index (χ4n) is 3.78. The normalized spacial score (nSPS) is 15.7. The summed E-state index contributed by atoms with van der Waals surface area (Å²) in [6.45, 7) is 0. The van der Waals surface area contributed by atoms with Crippen LogP contribution in [0.25, 0.3) is 0 Å². The van der Waals surface area contributed by atoms with Gasteiger partial charge in [-0.1, -0.05) is 66.7 Å². The van der Waals surface area contributed by atoms with Gasteiger partial charge in [-0.05, 0) is 59.7 Å². The Balaban J connectivity index is 1.42. The highest BCUT2D eigenvalue weighted by Gasteiger charge is 2.29. The van der Waals surface area contributed by atoms with Gasteiger partial charge in [0.2, 0.25) is 0 Å². The van der Waals surface area contributed by atoms with Gasteiger partial charge in [-0.25, -0.2) is 0 Å². The van der Waals surface area contributed by atoms with E-state index in [2.05, 4.69) is 71.7 Å². The number of anilines is 1. The van der Waals surface area contributed by atoms with Crippen LogP contribution in [0.15, 0.2) is 120 Å². The van der Waals surface area contributed by atoms with Gasteiger partial charge in [-0.3, -0.25) is 5.01 Å².